The van der Waals surface area contributed by atoms with Crippen molar-refractivity contribution in [1.29, 1.82) is 0 Å². The van der Waals surface area contributed by atoms with Gasteiger partial charge in [-0.05, 0) is 59.1 Å². The Labute approximate surface area is 143 Å². The first kappa shape index (κ1) is 17.0. The molecule has 5 nitrogen and oxygen atoms in total. The minimum absolute atomic E-state index is 0.00671. The Morgan fingerprint density at radius 3 is 2.58 bits per heavy atom. The van der Waals surface area contributed by atoms with Crippen molar-refractivity contribution in [2.45, 2.75) is 71.0 Å². The monoisotopic (exact) mass is 328 g/mol. The lowest BCUT2D eigenvalue weighted by Crippen LogP contribution is -2.62. The van der Waals surface area contributed by atoms with Crippen LogP contribution in [0, 0.1) is 0 Å². The van der Waals surface area contributed by atoms with Crippen LogP contribution in [0.15, 0.2) is 24.4 Å². The van der Waals surface area contributed by atoms with Crippen molar-refractivity contribution in [1.82, 2.24) is 20.0 Å². The first-order valence-electron chi connectivity index (χ1n) is 8.77. The predicted molar refractivity (Wildman–Crippen MR) is 96.4 cm³/mol. The Hall–Kier alpha value is -1.88. The van der Waals surface area contributed by atoms with Crippen LogP contribution in [0.25, 0.3) is 5.65 Å². The molecule has 1 amide bonds. The second-order valence-corrected chi connectivity index (χ2v) is 8.16. The van der Waals surface area contributed by atoms with Crippen molar-refractivity contribution in [3.05, 3.63) is 35.8 Å². The molecule has 130 valence electrons. The predicted octanol–water partition coefficient (Wildman–Crippen LogP) is 2.94. The molecule has 3 heterocycles. The Morgan fingerprint density at radius 1 is 1.29 bits per heavy atom. The van der Waals surface area contributed by atoms with Crippen LogP contribution in [0.2, 0.25) is 0 Å². The van der Waals surface area contributed by atoms with E-state index in [4.69, 9.17) is 0 Å². The summed E-state index contributed by atoms with van der Waals surface area (Å²) < 4.78 is 1.89. The molecule has 0 unspecified atom stereocenters. The SMILES string of the molecule is CCc1nc2ccccn2c1C(=O)NC1CC(C)(C)NC(C)(C)C1. The Kier molecular flexibility index (Phi) is 4.16. The molecule has 1 fully saturated rings. The molecule has 1 aliphatic heterocycles. The van der Waals surface area contributed by atoms with Gasteiger partial charge in [0.1, 0.15) is 11.3 Å². The van der Waals surface area contributed by atoms with E-state index in [-0.39, 0.29) is 23.0 Å². The van der Waals surface area contributed by atoms with E-state index in [2.05, 4.69) is 43.3 Å². The molecule has 2 aromatic rings. The fourth-order valence-electron chi connectivity index (χ4n) is 4.21. The van der Waals surface area contributed by atoms with E-state index < -0.39 is 0 Å². The summed E-state index contributed by atoms with van der Waals surface area (Å²) in [4.78, 5) is 17.6. The lowest BCUT2D eigenvalue weighted by molar-refractivity contribution is 0.0866. The van der Waals surface area contributed by atoms with Crippen molar-refractivity contribution in [2.24, 2.45) is 0 Å². The van der Waals surface area contributed by atoms with Gasteiger partial charge in [-0.25, -0.2) is 4.98 Å². The van der Waals surface area contributed by atoms with Crippen LogP contribution < -0.4 is 10.6 Å². The molecule has 5 heteroatoms. The van der Waals surface area contributed by atoms with Gasteiger partial charge in [0.2, 0.25) is 0 Å². The highest BCUT2D eigenvalue weighted by molar-refractivity contribution is 5.95. The van der Waals surface area contributed by atoms with Crippen molar-refractivity contribution in [2.75, 3.05) is 0 Å². The number of imidazole rings is 1. The quantitative estimate of drug-likeness (QED) is 0.911. The summed E-state index contributed by atoms with van der Waals surface area (Å²) in [5.41, 5.74) is 2.36. The number of piperidine rings is 1. The third-order valence-electron chi connectivity index (χ3n) is 4.68. The van der Waals surface area contributed by atoms with Crippen LogP contribution in [-0.4, -0.2) is 32.4 Å². The van der Waals surface area contributed by atoms with Gasteiger partial charge in [-0.2, -0.15) is 0 Å². The largest absolute Gasteiger partial charge is 0.348 e. The van der Waals surface area contributed by atoms with Crippen molar-refractivity contribution >= 4 is 11.6 Å². The topological polar surface area (TPSA) is 58.4 Å². The average Bonchev–Trinajstić information content (AvgIpc) is 2.82. The summed E-state index contributed by atoms with van der Waals surface area (Å²) in [7, 11) is 0. The number of aromatic nitrogens is 2. The average molecular weight is 328 g/mol. The number of rotatable bonds is 3. The minimum atomic E-state index is -0.0240. The summed E-state index contributed by atoms with van der Waals surface area (Å²) in [6, 6.07) is 5.97. The Bertz CT molecular complexity index is 744. The second kappa shape index (κ2) is 5.88. The van der Waals surface area contributed by atoms with Gasteiger partial charge in [0, 0.05) is 23.3 Å². The molecule has 0 atom stereocenters. The highest BCUT2D eigenvalue weighted by Crippen LogP contribution is 2.28. The molecule has 1 saturated heterocycles. The lowest BCUT2D eigenvalue weighted by Gasteiger charge is -2.46. The zero-order chi connectivity index (χ0) is 17.5. The molecule has 0 aromatic carbocycles. The summed E-state index contributed by atoms with van der Waals surface area (Å²) in [5.74, 6) is -0.0240. The van der Waals surface area contributed by atoms with Crippen LogP contribution in [-0.2, 0) is 6.42 Å². The molecule has 1 aliphatic rings. The first-order valence-corrected chi connectivity index (χ1v) is 8.77. The normalized spacial score (nSPS) is 20.2. The zero-order valence-corrected chi connectivity index (χ0v) is 15.3. The van der Waals surface area contributed by atoms with Gasteiger partial charge in [0.05, 0.1) is 5.69 Å². The van der Waals surface area contributed by atoms with Gasteiger partial charge >= 0.3 is 0 Å². The minimum Gasteiger partial charge on any atom is -0.348 e. The van der Waals surface area contributed by atoms with Gasteiger partial charge in [-0.15, -0.1) is 0 Å². The number of carbonyl (C=O) groups excluding carboxylic acids is 1. The van der Waals surface area contributed by atoms with E-state index in [1.54, 1.807) is 0 Å². The molecule has 0 spiro atoms. The van der Waals surface area contributed by atoms with Gasteiger partial charge in [-0.1, -0.05) is 13.0 Å². The number of carbonyl (C=O) groups is 1. The third kappa shape index (κ3) is 3.31. The first-order chi connectivity index (χ1) is 11.2. The van der Waals surface area contributed by atoms with E-state index in [9.17, 15) is 4.79 Å². The summed E-state index contributed by atoms with van der Waals surface area (Å²) >= 11 is 0. The maximum atomic E-state index is 13.0. The molecule has 0 saturated carbocycles. The smallest absolute Gasteiger partial charge is 0.270 e. The fraction of sp³-hybridized carbons (Fsp3) is 0.579. The van der Waals surface area contributed by atoms with Gasteiger partial charge in [0.25, 0.3) is 5.91 Å². The molecule has 0 bridgehead atoms. The van der Waals surface area contributed by atoms with E-state index in [1.165, 1.54) is 0 Å². The second-order valence-electron chi connectivity index (χ2n) is 8.16. The standard InChI is InChI=1S/C19H28N4O/c1-6-14-16(23-10-8-7-9-15(23)21-14)17(24)20-13-11-18(2,3)22-19(4,5)12-13/h7-10,13,22H,6,11-12H2,1-5H3,(H,20,24). The molecule has 2 N–H and O–H groups in total. The molecule has 0 aliphatic carbocycles. The van der Waals surface area contributed by atoms with Crippen LogP contribution in [0.5, 0.6) is 0 Å². The zero-order valence-electron chi connectivity index (χ0n) is 15.3. The number of nitrogens with zero attached hydrogens (tertiary/aromatic N) is 2. The molecule has 0 radical (unpaired) electrons. The number of aryl methyl sites for hydroxylation is 1. The van der Waals surface area contributed by atoms with Crippen LogP contribution >= 0.6 is 0 Å². The van der Waals surface area contributed by atoms with E-state index in [0.29, 0.717) is 5.69 Å². The molecular formula is C19H28N4O. The number of hydrogen-bond donors (Lipinski definition) is 2. The van der Waals surface area contributed by atoms with Gasteiger partial charge in [0.15, 0.2) is 0 Å². The van der Waals surface area contributed by atoms with Crippen molar-refractivity contribution in [3.63, 3.8) is 0 Å². The van der Waals surface area contributed by atoms with E-state index in [1.807, 2.05) is 35.7 Å². The number of pyridine rings is 1. The number of fused-ring (bicyclic) bond motifs is 1. The summed E-state index contributed by atoms with van der Waals surface area (Å²) in [6.07, 6.45) is 4.49. The maximum absolute atomic E-state index is 13.0. The number of nitrogens with one attached hydrogen (secondary N) is 2. The van der Waals surface area contributed by atoms with Crippen LogP contribution in [0.4, 0.5) is 0 Å². The van der Waals surface area contributed by atoms with Crippen molar-refractivity contribution in [3.8, 4) is 0 Å². The Morgan fingerprint density at radius 2 is 1.96 bits per heavy atom. The van der Waals surface area contributed by atoms with Crippen molar-refractivity contribution < 1.29 is 4.79 Å². The molecular weight excluding hydrogens is 300 g/mol. The van der Waals surface area contributed by atoms with E-state index in [0.717, 1.165) is 30.6 Å². The van der Waals surface area contributed by atoms with Crippen LogP contribution in [0.1, 0.15) is 63.6 Å². The number of hydrogen-bond acceptors (Lipinski definition) is 3. The van der Waals surface area contributed by atoms with Gasteiger partial charge in [-0.3, -0.25) is 9.20 Å². The fourth-order valence-corrected chi connectivity index (χ4v) is 4.21. The summed E-state index contributed by atoms with van der Waals surface area (Å²) in [5, 5.41) is 6.91. The van der Waals surface area contributed by atoms with Gasteiger partial charge < -0.3 is 10.6 Å². The van der Waals surface area contributed by atoms with Crippen LogP contribution in [0.3, 0.4) is 0 Å². The third-order valence-corrected chi connectivity index (χ3v) is 4.68. The molecule has 2 aromatic heterocycles. The molecule has 3 rings (SSSR count). The van der Waals surface area contributed by atoms with E-state index >= 15 is 0 Å². The number of amides is 1. The summed E-state index contributed by atoms with van der Waals surface area (Å²) in [6.45, 7) is 10.8. The highest BCUT2D eigenvalue weighted by Gasteiger charge is 2.38. The lowest BCUT2D eigenvalue weighted by atomic mass is 9.79. The highest BCUT2D eigenvalue weighted by atomic mass is 16.2. The Balaban J connectivity index is 1.88. The maximum Gasteiger partial charge on any atom is 0.270 e. The molecule has 24 heavy (non-hydrogen) atoms.